The topological polar surface area (TPSA) is 63.7 Å². The first-order chi connectivity index (χ1) is 12.5. The molecule has 1 aliphatic heterocycles. The third-order valence-corrected chi connectivity index (χ3v) is 4.77. The average molecular weight is 351 g/mol. The fourth-order valence-electron chi connectivity index (χ4n) is 3.20. The van der Waals surface area contributed by atoms with Crippen molar-refractivity contribution in [1.82, 2.24) is 0 Å². The Morgan fingerprint density at radius 2 is 1.73 bits per heavy atom. The molecule has 0 saturated carbocycles. The summed E-state index contributed by atoms with van der Waals surface area (Å²) in [7, 11) is 0. The molecule has 5 heteroatoms. The predicted molar refractivity (Wildman–Crippen MR) is 98.2 cm³/mol. The van der Waals surface area contributed by atoms with Gasteiger partial charge in [-0.3, -0.25) is 14.4 Å². The number of hydrogen-bond acceptors (Lipinski definition) is 4. The Morgan fingerprint density at radius 3 is 2.42 bits per heavy atom. The number of Topliss-reactive ketones (excluding diaryl/α,β-unsaturated/α-hetero) is 1. The van der Waals surface area contributed by atoms with Gasteiger partial charge in [-0.2, -0.15) is 0 Å². The molecule has 0 radical (unpaired) electrons. The number of ether oxygens (including phenoxy) is 1. The number of benzene rings is 2. The van der Waals surface area contributed by atoms with Gasteiger partial charge < -0.3 is 9.64 Å². The third-order valence-electron chi connectivity index (χ3n) is 4.77. The lowest BCUT2D eigenvalue weighted by Gasteiger charge is -2.24. The van der Waals surface area contributed by atoms with Crippen LogP contribution in [0, 0.1) is 5.41 Å². The number of carbonyl (C=O) groups excluding carboxylic acids is 3. The minimum atomic E-state index is -1.31. The molecule has 0 fully saturated rings. The number of esters is 1. The summed E-state index contributed by atoms with van der Waals surface area (Å²) >= 11 is 0. The van der Waals surface area contributed by atoms with Gasteiger partial charge in [-0.05, 0) is 44.5 Å². The standard InChI is InChI=1S/C21H21NO4/c1-3-26-20(25)21(2)13-14-22(19(24)15-9-5-4-6-10-15)17-12-8-7-11-16(17)18(21)23/h4-12H,3,13-14H2,1-2H3. The Kier molecular flexibility index (Phi) is 4.89. The van der Waals surface area contributed by atoms with E-state index < -0.39 is 11.4 Å². The summed E-state index contributed by atoms with van der Waals surface area (Å²) in [5.74, 6) is -1.05. The van der Waals surface area contributed by atoms with Gasteiger partial charge in [-0.1, -0.05) is 30.3 Å². The minimum absolute atomic E-state index is 0.195. The van der Waals surface area contributed by atoms with Gasteiger partial charge in [0.1, 0.15) is 5.41 Å². The monoisotopic (exact) mass is 351 g/mol. The number of nitrogens with zero attached hydrogens (tertiary/aromatic N) is 1. The maximum Gasteiger partial charge on any atom is 0.319 e. The quantitative estimate of drug-likeness (QED) is 0.627. The van der Waals surface area contributed by atoms with Gasteiger partial charge in [0, 0.05) is 17.7 Å². The normalized spacial score (nSPS) is 19.5. The van der Waals surface area contributed by atoms with E-state index in [2.05, 4.69) is 0 Å². The first kappa shape index (κ1) is 17.9. The summed E-state index contributed by atoms with van der Waals surface area (Å²) in [6.45, 7) is 3.77. The molecule has 5 nitrogen and oxygen atoms in total. The van der Waals surface area contributed by atoms with E-state index in [1.54, 1.807) is 67.3 Å². The summed E-state index contributed by atoms with van der Waals surface area (Å²) < 4.78 is 5.14. The highest BCUT2D eigenvalue weighted by molar-refractivity contribution is 6.18. The van der Waals surface area contributed by atoms with Crippen molar-refractivity contribution in [3.8, 4) is 0 Å². The lowest BCUT2D eigenvalue weighted by atomic mass is 9.80. The second-order valence-electron chi connectivity index (χ2n) is 6.47. The number of anilines is 1. The maximum atomic E-state index is 13.1. The first-order valence-corrected chi connectivity index (χ1v) is 8.67. The van der Waals surface area contributed by atoms with Crippen LogP contribution in [-0.4, -0.2) is 30.8 Å². The Balaban J connectivity index is 2.06. The number of rotatable bonds is 3. The Bertz CT molecular complexity index is 846. The number of hydrogen-bond donors (Lipinski definition) is 0. The average Bonchev–Trinajstić information content (AvgIpc) is 2.79. The highest BCUT2D eigenvalue weighted by atomic mass is 16.5. The Hall–Kier alpha value is -2.95. The molecule has 1 heterocycles. The first-order valence-electron chi connectivity index (χ1n) is 8.67. The molecule has 26 heavy (non-hydrogen) atoms. The van der Waals surface area contributed by atoms with E-state index in [9.17, 15) is 14.4 Å². The van der Waals surface area contributed by atoms with Crippen LogP contribution in [0.2, 0.25) is 0 Å². The molecule has 1 amide bonds. The molecule has 0 bridgehead atoms. The number of para-hydroxylation sites is 1. The number of amides is 1. The molecule has 2 aromatic rings. The smallest absolute Gasteiger partial charge is 0.319 e. The van der Waals surface area contributed by atoms with Gasteiger partial charge in [0.25, 0.3) is 5.91 Å². The van der Waals surface area contributed by atoms with Crippen molar-refractivity contribution in [2.45, 2.75) is 20.3 Å². The van der Waals surface area contributed by atoms with E-state index in [0.29, 0.717) is 16.8 Å². The van der Waals surface area contributed by atoms with Gasteiger partial charge in [-0.15, -0.1) is 0 Å². The second kappa shape index (κ2) is 7.12. The number of fused-ring (bicyclic) bond motifs is 1. The van der Waals surface area contributed by atoms with Crippen LogP contribution in [0.25, 0.3) is 0 Å². The van der Waals surface area contributed by atoms with Crippen LogP contribution in [0.4, 0.5) is 5.69 Å². The van der Waals surface area contributed by atoms with Crippen LogP contribution in [0.3, 0.4) is 0 Å². The van der Waals surface area contributed by atoms with Crippen LogP contribution < -0.4 is 4.90 Å². The fraction of sp³-hybridized carbons (Fsp3) is 0.286. The van der Waals surface area contributed by atoms with Crippen molar-refractivity contribution in [3.63, 3.8) is 0 Å². The molecule has 0 aromatic heterocycles. The van der Waals surface area contributed by atoms with Crippen LogP contribution in [0.5, 0.6) is 0 Å². The lowest BCUT2D eigenvalue weighted by molar-refractivity contribution is -0.151. The molecule has 0 aliphatic carbocycles. The SMILES string of the molecule is CCOC(=O)C1(C)CCN(C(=O)c2ccccc2)c2ccccc2C1=O. The number of carbonyl (C=O) groups is 3. The summed E-state index contributed by atoms with van der Waals surface area (Å²) in [5.41, 5.74) is 0.122. The molecule has 2 aromatic carbocycles. The Morgan fingerprint density at radius 1 is 1.08 bits per heavy atom. The van der Waals surface area contributed by atoms with Crippen molar-refractivity contribution >= 4 is 23.3 Å². The van der Waals surface area contributed by atoms with Crippen molar-refractivity contribution in [2.75, 3.05) is 18.1 Å². The molecule has 0 spiro atoms. The minimum Gasteiger partial charge on any atom is -0.465 e. The zero-order valence-electron chi connectivity index (χ0n) is 14.9. The third kappa shape index (κ3) is 3.01. The van der Waals surface area contributed by atoms with Crippen LogP contribution in [-0.2, 0) is 9.53 Å². The summed E-state index contributed by atoms with van der Waals surface area (Å²) in [4.78, 5) is 40.2. The molecule has 1 aliphatic rings. The molecule has 1 atom stereocenters. The van der Waals surface area contributed by atoms with Crippen LogP contribution in [0.15, 0.2) is 54.6 Å². The Labute approximate surface area is 152 Å². The van der Waals surface area contributed by atoms with E-state index in [-0.39, 0.29) is 31.3 Å². The van der Waals surface area contributed by atoms with Crippen molar-refractivity contribution in [2.24, 2.45) is 5.41 Å². The van der Waals surface area contributed by atoms with Gasteiger partial charge in [0.05, 0.1) is 12.3 Å². The van der Waals surface area contributed by atoms with Gasteiger partial charge in [0.2, 0.25) is 0 Å². The van der Waals surface area contributed by atoms with E-state index >= 15 is 0 Å². The zero-order chi connectivity index (χ0) is 18.7. The van der Waals surface area contributed by atoms with Gasteiger partial charge >= 0.3 is 5.97 Å². The van der Waals surface area contributed by atoms with Gasteiger partial charge in [-0.25, -0.2) is 0 Å². The maximum absolute atomic E-state index is 13.1. The molecular formula is C21H21NO4. The van der Waals surface area contributed by atoms with E-state index in [0.717, 1.165) is 0 Å². The highest BCUT2D eigenvalue weighted by Crippen LogP contribution is 2.37. The summed E-state index contributed by atoms with van der Waals surface area (Å²) in [5, 5.41) is 0. The second-order valence-corrected chi connectivity index (χ2v) is 6.47. The molecule has 0 N–H and O–H groups in total. The largest absolute Gasteiger partial charge is 0.465 e. The van der Waals surface area contributed by atoms with Crippen LogP contribution >= 0.6 is 0 Å². The predicted octanol–water partition coefficient (Wildman–Crippen LogP) is 3.49. The molecule has 0 saturated heterocycles. The summed E-state index contributed by atoms with van der Waals surface area (Å²) in [6, 6.07) is 15.8. The molecule has 1 unspecified atom stereocenters. The van der Waals surface area contributed by atoms with Crippen LogP contribution in [0.1, 0.15) is 41.0 Å². The molecule has 3 rings (SSSR count). The fourth-order valence-corrected chi connectivity index (χ4v) is 3.20. The number of ketones is 1. The zero-order valence-corrected chi connectivity index (χ0v) is 14.9. The molecule has 134 valence electrons. The lowest BCUT2D eigenvalue weighted by Crippen LogP contribution is -2.39. The van der Waals surface area contributed by atoms with E-state index in [1.807, 2.05) is 6.07 Å². The van der Waals surface area contributed by atoms with Crippen molar-refractivity contribution < 1.29 is 19.1 Å². The molecular weight excluding hydrogens is 330 g/mol. The van der Waals surface area contributed by atoms with E-state index in [4.69, 9.17) is 4.74 Å². The summed E-state index contributed by atoms with van der Waals surface area (Å²) in [6.07, 6.45) is 0.206. The van der Waals surface area contributed by atoms with Crippen molar-refractivity contribution in [3.05, 3.63) is 65.7 Å². The van der Waals surface area contributed by atoms with E-state index in [1.165, 1.54) is 0 Å². The van der Waals surface area contributed by atoms with Crippen molar-refractivity contribution in [1.29, 1.82) is 0 Å². The highest BCUT2D eigenvalue weighted by Gasteiger charge is 2.46. The van der Waals surface area contributed by atoms with Gasteiger partial charge in [0.15, 0.2) is 5.78 Å².